The molecular formula is C17H11N3. The predicted molar refractivity (Wildman–Crippen MR) is 81.4 cm³/mol. The van der Waals surface area contributed by atoms with E-state index in [1.807, 2.05) is 18.6 Å². The average molecular weight is 257 g/mol. The molecule has 3 heteroatoms. The van der Waals surface area contributed by atoms with Crippen molar-refractivity contribution >= 4 is 38.2 Å². The van der Waals surface area contributed by atoms with Gasteiger partial charge in [0.1, 0.15) is 0 Å². The van der Waals surface area contributed by atoms with E-state index < -0.39 is 0 Å². The molecule has 0 saturated carbocycles. The molecule has 1 aromatic carbocycles. The quantitative estimate of drug-likeness (QED) is 0.420. The summed E-state index contributed by atoms with van der Waals surface area (Å²) in [5, 5.41) is 3.74. The molecule has 94 valence electrons. The molecule has 0 fully saturated rings. The van der Waals surface area contributed by atoms with E-state index >= 15 is 0 Å². The molecule has 0 aliphatic rings. The topological polar surface area (TPSA) is 30.2 Å². The van der Waals surface area contributed by atoms with Crippen LogP contribution >= 0.6 is 0 Å². The third-order valence-corrected chi connectivity index (χ3v) is 4.21. The van der Waals surface area contributed by atoms with Gasteiger partial charge in [0.2, 0.25) is 0 Å². The summed E-state index contributed by atoms with van der Waals surface area (Å²) in [6, 6.07) is 10.6. The van der Waals surface area contributed by atoms with E-state index in [2.05, 4.69) is 51.6 Å². The van der Waals surface area contributed by atoms with Crippen LogP contribution < -0.4 is 0 Å². The summed E-state index contributed by atoms with van der Waals surface area (Å²) in [4.78, 5) is 8.93. The van der Waals surface area contributed by atoms with E-state index in [0.29, 0.717) is 0 Å². The molecule has 3 nitrogen and oxygen atoms in total. The van der Waals surface area contributed by atoms with Crippen LogP contribution in [0.15, 0.2) is 48.9 Å². The van der Waals surface area contributed by atoms with Gasteiger partial charge in [-0.3, -0.25) is 9.97 Å². The third kappa shape index (κ3) is 0.990. The zero-order valence-electron chi connectivity index (χ0n) is 11.0. The van der Waals surface area contributed by atoms with E-state index in [1.54, 1.807) is 0 Å². The lowest BCUT2D eigenvalue weighted by molar-refractivity contribution is 1.30. The Morgan fingerprint density at radius 3 is 2.80 bits per heavy atom. The molecule has 0 atom stereocenters. The number of fused-ring (bicyclic) bond motifs is 6. The van der Waals surface area contributed by atoms with Crippen LogP contribution in [0.25, 0.3) is 38.2 Å². The van der Waals surface area contributed by atoms with Crippen LogP contribution in [0.5, 0.6) is 0 Å². The summed E-state index contributed by atoms with van der Waals surface area (Å²) in [6.07, 6.45) is 5.70. The molecule has 5 rings (SSSR count). The van der Waals surface area contributed by atoms with E-state index in [1.165, 1.54) is 32.8 Å². The van der Waals surface area contributed by atoms with Gasteiger partial charge >= 0.3 is 0 Å². The first-order valence-corrected chi connectivity index (χ1v) is 6.70. The summed E-state index contributed by atoms with van der Waals surface area (Å²) < 4.78 is 2.29. The lowest BCUT2D eigenvalue weighted by Gasteiger charge is -1.98. The van der Waals surface area contributed by atoms with Gasteiger partial charge in [0, 0.05) is 28.6 Å². The number of hydrogen-bond donors (Lipinski definition) is 0. The Balaban J connectivity index is 2.31. The summed E-state index contributed by atoms with van der Waals surface area (Å²) in [5.74, 6) is 0. The highest BCUT2D eigenvalue weighted by Gasteiger charge is 2.18. The smallest absolute Gasteiger partial charge is 0.0972 e. The maximum Gasteiger partial charge on any atom is 0.0972 e. The molecule has 4 aromatic heterocycles. The second kappa shape index (κ2) is 3.25. The van der Waals surface area contributed by atoms with Crippen molar-refractivity contribution in [1.82, 2.24) is 14.4 Å². The number of aromatic nitrogens is 3. The largest absolute Gasteiger partial charge is 0.305 e. The van der Waals surface area contributed by atoms with E-state index in [9.17, 15) is 0 Å². The van der Waals surface area contributed by atoms with Crippen LogP contribution in [0.1, 0.15) is 5.56 Å². The molecule has 0 aliphatic carbocycles. The number of benzene rings is 1. The second-order valence-corrected chi connectivity index (χ2v) is 5.25. The number of rotatable bonds is 0. The van der Waals surface area contributed by atoms with Crippen molar-refractivity contribution in [2.45, 2.75) is 6.92 Å². The monoisotopic (exact) mass is 257 g/mol. The Labute approximate surface area is 114 Å². The van der Waals surface area contributed by atoms with Gasteiger partial charge in [-0.1, -0.05) is 12.1 Å². The Morgan fingerprint density at radius 1 is 0.950 bits per heavy atom. The van der Waals surface area contributed by atoms with Gasteiger partial charge in [0.05, 0.1) is 28.3 Å². The second-order valence-electron chi connectivity index (χ2n) is 5.25. The molecule has 5 aromatic rings. The van der Waals surface area contributed by atoms with Crippen LogP contribution in [0, 0.1) is 6.92 Å². The van der Waals surface area contributed by atoms with Gasteiger partial charge in [-0.15, -0.1) is 0 Å². The third-order valence-electron chi connectivity index (χ3n) is 4.21. The molecule has 20 heavy (non-hydrogen) atoms. The first-order valence-electron chi connectivity index (χ1n) is 6.70. The predicted octanol–water partition coefficient (Wildman–Crippen LogP) is 3.94. The first kappa shape index (κ1) is 10.1. The molecule has 0 N–H and O–H groups in total. The summed E-state index contributed by atoms with van der Waals surface area (Å²) in [5.41, 5.74) is 5.93. The minimum atomic E-state index is 1.09. The summed E-state index contributed by atoms with van der Waals surface area (Å²) in [7, 11) is 0. The number of pyridine rings is 2. The maximum absolute atomic E-state index is 4.63. The lowest BCUT2D eigenvalue weighted by atomic mass is 10.1. The Kier molecular flexibility index (Phi) is 1.65. The van der Waals surface area contributed by atoms with E-state index in [4.69, 9.17) is 0 Å². The van der Waals surface area contributed by atoms with Gasteiger partial charge in [0.15, 0.2) is 0 Å². The molecule has 0 radical (unpaired) electrons. The fourth-order valence-corrected chi connectivity index (χ4v) is 3.39. The standard InChI is InChI=1S/C17H11N3/c1-10-3-2-4-13-15(10)16-17-12(6-8-19-16)11-5-7-18-9-14(11)20(13)17/h2-9H,1H3. The minimum Gasteiger partial charge on any atom is -0.305 e. The molecule has 0 amide bonds. The van der Waals surface area contributed by atoms with Crippen LogP contribution in [-0.4, -0.2) is 14.4 Å². The van der Waals surface area contributed by atoms with Crippen LogP contribution in [0.2, 0.25) is 0 Å². The first-order chi connectivity index (χ1) is 9.86. The average Bonchev–Trinajstić information content (AvgIpc) is 2.99. The maximum atomic E-state index is 4.63. The SMILES string of the molecule is Cc1cccc2c1c1nccc3c4ccncc4n2c31. The van der Waals surface area contributed by atoms with Crippen molar-refractivity contribution in [2.24, 2.45) is 0 Å². The van der Waals surface area contributed by atoms with Crippen LogP contribution in [0.4, 0.5) is 0 Å². The highest BCUT2D eigenvalue weighted by molar-refractivity contribution is 6.22. The summed E-state index contributed by atoms with van der Waals surface area (Å²) >= 11 is 0. The Bertz CT molecular complexity index is 1110. The van der Waals surface area contributed by atoms with Gasteiger partial charge in [0.25, 0.3) is 0 Å². The highest BCUT2D eigenvalue weighted by atomic mass is 14.9. The number of nitrogens with zero attached hydrogens (tertiary/aromatic N) is 3. The van der Waals surface area contributed by atoms with Crippen molar-refractivity contribution in [2.75, 3.05) is 0 Å². The molecule has 0 aliphatic heterocycles. The number of aryl methyl sites for hydroxylation is 1. The van der Waals surface area contributed by atoms with Gasteiger partial charge in [-0.2, -0.15) is 0 Å². The van der Waals surface area contributed by atoms with E-state index in [0.717, 1.165) is 11.0 Å². The van der Waals surface area contributed by atoms with Gasteiger partial charge in [-0.25, -0.2) is 0 Å². The summed E-state index contributed by atoms with van der Waals surface area (Å²) in [6.45, 7) is 2.15. The van der Waals surface area contributed by atoms with Crippen molar-refractivity contribution in [3.63, 3.8) is 0 Å². The van der Waals surface area contributed by atoms with Crippen molar-refractivity contribution in [3.8, 4) is 0 Å². The molecule has 0 unspecified atom stereocenters. The molecule has 4 heterocycles. The Morgan fingerprint density at radius 2 is 1.85 bits per heavy atom. The van der Waals surface area contributed by atoms with Crippen LogP contribution in [0.3, 0.4) is 0 Å². The highest BCUT2D eigenvalue weighted by Crippen LogP contribution is 2.38. The number of hydrogen-bond acceptors (Lipinski definition) is 2. The van der Waals surface area contributed by atoms with Crippen molar-refractivity contribution < 1.29 is 0 Å². The minimum absolute atomic E-state index is 1.09. The zero-order valence-corrected chi connectivity index (χ0v) is 11.0. The normalized spacial score (nSPS) is 12.2. The van der Waals surface area contributed by atoms with E-state index in [-0.39, 0.29) is 0 Å². The molecule has 0 saturated heterocycles. The lowest BCUT2D eigenvalue weighted by Crippen LogP contribution is -1.82. The molecule has 0 bridgehead atoms. The Hall–Kier alpha value is -2.68. The van der Waals surface area contributed by atoms with Crippen LogP contribution in [-0.2, 0) is 0 Å². The van der Waals surface area contributed by atoms with Gasteiger partial charge < -0.3 is 4.40 Å². The molecule has 0 spiro atoms. The van der Waals surface area contributed by atoms with Gasteiger partial charge in [-0.05, 0) is 30.7 Å². The molecular weight excluding hydrogens is 246 g/mol. The zero-order chi connectivity index (χ0) is 13.3. The van der Waals surface area contributed by atoms with Crippen molar-refractivity contribution in [3.05, 3.63) is 54.5 Å². The van der Waals surface area contributed by atoms with Crippen molar-refractivity contribution in [1.29, 1.82) is 0 Å². The fourth-order valence-electron chi connectivity index (χ4n) is 3.39. The fraction of sp³-hybridized carbons (Fsp3) is 0.0588.